The summed E-state index contributed by atoms with van der Waals surface area (Å²) >= 11 is 0. The number of ether oxygens (including phenoxy) is 1. The number of nitrogens with zero attached hydrogens (tertiary/aromatic N) is 1. The van der Waals surface area contributed by atoms with Gasteiger partial charge in [-0.3, -0.25) is 10.1 Å². The van der Waals surface area contributed by atoms with Crippen molar-refractivity contribution in [2.45, 2.75) is 19.6 Å². The molecular formula is C15H14FNO4. The van der Waals surface area contributed by atoms with Gasteiger partial charge in [0.25, 0.3) is 5.69 Å². The monoisotopic (exact) mass is 291 g/mol. The Labute approximate surface area is 120 Å². The fraction of sp³-hybridized carbons (Fsp3) is 0.200. The summed E-state index contributed by atoms with van der Waals surface area (Å²) in [6.07, 6.45) is -0.565. The van der Waals surface area contributed by atoms with Crippen molar-refractivity contribution >= 4 is 5.69 Å². The zero-order valence-electron chi connectivity index (χ0n) is 11.3. The van der Waals surface area contributed by atoms with Crippen LogP contribution in [0.3, 0.4) is 0 Å². The molecular weight excluding hydrogens is 277 g/mol. The maximum absolute atomic E-state index is 13.3. The van der Waals surface area contributed by atoms with Gasteiger partial charge < -0.3 is 9.84 Å². The van der Waals surface area contributed by atoms with Crippen LogP contribution < -0.4 is 4.74 Å². The smallest absolute Gasteiger partial charge is 0.272 e. The van der Waals surface area contributed by atoms with Crippen LogP contribution in [0, 0.1) is 15.9 Å². The van der Waals surface area contributed by atoms with E-state index in [1.807, 2.05) is 0 Å². The molecule has 0 heterocycles. The maximum atomic E-state index is 13.3. The van der Waals surface area contributed by atoms with E-state index in [2.05, 4.69) is 0 Å². The molecule has 1 unspecified atom stereocenters. The number of halogens is 1. The van der Waals surface area contributed by atoms with Crippen molar-refractivity contribution in [1.29, 1.82) is 0 Å². The summed E-state index contributed by atoms with van der Waals surface area (Å²) in [6, 6.07) is 10.1. The molecule has 1 N–H and O–H groups in total. The lowest BCUT2D eigenvalue weighted by Gasteiger charge is -2.08. The third kappa shape index (κ3) is 4.00. The molecule has 0 fully saturated rings. The van der Waals surface area contributed by atoms with Crippen LogP contribution in [0.15, 0.2) is 42.5 Å². The molecule has 0 aliphatic rings. The summed E-state index contributed by atoms with van der Waals surface area (Å²) < 4.78 is 18.7. The number of hydrogen-bond donors (Lipinski definition) is 1. The second-order valence-corrected chi connectivity index (χ2v) is 4.61. The van der Waals surface area contributed by atoms with Crippen molar-refractivity contribution in [3.63, 3.8) is 0 Å². The SMILES string of the molecule is CC(O)c1ccc(OCc2cc(F)cc([N+](=O)[O-])c2)cc1. The van der Waals surface area contributed by atoms with Gasteiger partial charge in [0.15, 0.2) is 0 Å². The lowest BCUT2D eigenvalue weighted by Crippen LogP contribution is -1.99. The first-order valence-electron chi connectivity index (χ1n) is 6.30. The second-order valence-electron chi connectivity index (χ2n) is 4.61. The van der Waals surface area contributed by atoms with Gasteiger partial charge in [0.05, 0.1) is 17.1 Å². The minimum atomic E-state index is -0.674. The number of benzene rings is 2. The lowest BCUT2D eigenvalue weighted by molar-refractivity contribution is -0.385. The number of non-ortho nitro benzene ring substituents is 1. The fourth-order valence-corrected chi connectivity index (χ4v) is 1.83. The van der Waals surface area contributed by atoms with Gasteiger partial charge in [0.1, 0.15) is 18.2 Å². The van der Waals surface area contributed by atoms with Gasteiger partial charge in [0.2, 0.25) is 0 Å². The molecule has 0 spiro atoms. The first-order chi connectivity index (χ1) is 9.95. The van der Waals surface area contributed by atoms with Crippen LogP contribution in [0.2, 0.25) is 0 Å². The van der Waals surface area contributed by atoms with E-state index in [-0.39, 0.29) is 12.3 Å². The molecule has 0 radical (unpaired) electrons. The minimum absolute atomic E-state index is 0.0205. The molecule has 2 aromatic carbocycles. The molecule has 0 saturated carbocycles. The standard InChI is InChI=1S/C15H14FNO4/c1-10(18)12-2-4-15(5-3-12)21-9-11-6-13(16)8-14(7-11)17(19)20/h2-8,10,18H,9H2,1H3. The zero-order valence-corrected chi connectivity index (χ0v) is 11.3. The highest BCUT2D eigenvalue weighted by Crippen LogP contribution is 2.20. The Morgan fingerprint density at radius 3 is 2.52 bits per heavy atom. The van der Waals surface area contributed by atoms with Crippen LogP contribution in [0.4, 0.5) is 10.1 Å². The molecule has 5 nitrogen and oxygen atoms in total. The van der Waals surface area contributed by atoms with Crippen LogP contribution in [-0.4, -0.2) is 10.0 Å². The van der Waals surface area contributed by atoms with Crippen molar-refractivity contribution in [2.75, 3.05) is 0 Å². The summed E-state index contributed by atoms with van der Waals surface area (Å²) in [5, 5.41) is 20.0. The summed E-state index contributed by atoms with van der Waals surface area (Å²) in [5.74, 6) is -0.140. The van der Waals surface area contributed by atoms with E-state index in [9.17, 15) is 19.6 Å². The first-order valence-corrected chi connectivity index (χ1v) is 6.30. The predicted molar refractivity (Wildman–Crippen MR) is 74.5 cm³/mol. The van der Waals surface area contributed by atoms with Gasteiger partial charge in [-0.15, -0.1) is 0 Å². The van der Waals surface area contributed by atoms with Crippen LogP contribution in [0.25, 0.3) is 0 Å². The van der Waals surface area contributed by atoms with E-state index in [4.69, 9.17) is 4.74 Å². The molecule has 0 bridgehead atoms. The molecule has 0 aliphatic heterocycles. The normalized spacial score (nSPS) is 12.0. The van der Waals surface area contributed by atoms with Gasteiger partial charge >= 0.3 is 0 Å². The van der Waals surface area contributed by atoms with E-state index in [0.717, 1.165) is 11.6 Å². The third-order valence-corrected chi connectivity index (χ3v) is 2.92. The van der Waals surface area contributed by atoms with E-state index in [1.54, 1.807) is 31.2 Å². The highest BCUT2D eigenvalue weighted by molar-refractivity contribution is 5.35. The molecule has 0 amide bonds. The van der Waals surface area contributed by atoms with E-state index in [0.29, 0.717) is 11.3 Å². The van der Waals surface area contributed by atoms with Gasteiger partial charge in [-0.05, 0) is 36.2 Å². The van der Waals surface area contributed by atoms with E-state index < -0.39 is 16.8 Å². The third-order valence-electron chi connectivity index (χ3n) is 2.92. The van der Waals surface area contributed by atoms with Gasteiger partial charge in [-0.2, -0.15) is 0 Å². The largest absolute Gasteiger partial charge is 0.489 e. The number of rotatable bonds is 5. The summed E-state index contributed by atoms with van der Waals surface area (Å²) in [5.41, 5.74) is 0.822. The predicted octanol–water partition coefficient (Wildman–Crippen LogP) is 3.37. The molecule has 110 valence electrons. The molecule has 1 atom stereocenters. The number of hydrogen-bond acceptors (Lipinski definition) is 4. The van der Waals surface area contributed by atoms with Crippen molar-refractivity contribution in [1.82, 2.24) is 0 Å². The zero-order chi connectivity index (χ0) is 15.4. The summed E-state index contributed by atoms with van der Waals surface area (Å²) in [7, 11) is 0. The maximum Gasteiger partial charge on any atom is 0.272 e. The van der Waals surface area contributed by atoms with Gasteiger partial charge in [-0.1, -0.05) is 12.1 Å². The quantitative estimate of drug-likeness (QED) is 0.677. The first kappa shape index (κ1) is 14.9. The highest BCUT2D eigenvalue weighted by Gasteiger charge is 2.10. The number of aliphatic hydroxyl groups excluding tert-OH is 1. The molecule has 0 saturated heterocycles. The Morgan fingerprint density at radius 2 is 1.95 bits per heavy atom. The van der Waals surface area contributed by atoms with Crippen LogP contribution in [0.5, 0.6) is 5.75 Å². The Kier molecular flexibility index (Phi) is 4.49. The Bertz CT molecular complexity index is 641. The van der Waals surface area contributed by atoms with Crippen molar-refractivity contribution in [3.8, 4) is 5.75 Å². The lowest BCUT2D eigenvalue weighted by atomic mass is 10.1. The average molecular weight is 291 g/mol. The van der Waals surface area contributed by atoms with Crippen LogP contribution in [0.1, 0.15) is 24.2 Å². The molecule has 2 rings (SSSR count). The van der Waals surface area contributed by atoms with Crippen LogP contribution >= 0.6 is 0 Å². The molecule has 6 heteroatoms. The topological polar surface area (TPSA) is 72.6 Å². The van der Waals surface area contributed by atoms with Crippen molar-refractivity contribution in [2.24, 2.45) is 0 Å². The highest BCUT2D eigenvalue weighted by atomic mass is 19.1. The Morgan fingerprint density at radius 1 is 1.29 bits per heavy atom. The minimum Gasteiger partial charge on any atom is -0.489 e. The number of nitro groups is 1. The second kappa shape index (κ2) is 6.32. The van der Waals surface area contributed by atoms with E-state index >= 15 is 0 Å². The van der Waals surface area contributed by atoms with Crippen LogP contribution in [-0.2, 0) is 6.61 Å². The molecule has 2 aromatic rings. The summed E-state index contributed by atoms with van der Waals surface area (Å²) in [4.78, 5) is 10.0. The number of aliphatic hydroxyl groups is 1. The van der Waals surface area contributed by atoms with E-state index in [1.165, 1.54) is 12.1 Å². The molecule has 21 heavy (non-hydrogen) atoms. The number of nitro benzene ring substituents is 1. The van der Waals surface area contributed by atoms with Crippen molar-refractivity contribution < 1.29 is 19.2 Å². The average Bonchev–Trinajstić information content (AvgIpc) is 2.45. The summed E-state index contributed by atoms with van der Waals surface area (Å²) in [6.45, 7) is 1.67. The Hall–Kier alpha value is -2.47. The van der Waals surface area contributed by atoms with Gasteiger partial charge in [-0.25, -0.2) is 4.39 Å². The molecule has 0 aliphatic carbocycles. The molecule has 0 aromatic heterocycles. The fourth-order valence-electron chi connectivity index (χ4n) is 1.83. The Balaban J connectivity index is 2.07. The van der Waals surface area contributed by atoms with Gasteiger partial charge in [0, 0.05) is 6.07 Å². The van der Waals surface area contributed by atoms with Crippen molar-refractivity contribution in [3.05, 3.63) is 69.5 Å².